The van der Waals surface area contributed by atoms with E-state index in [4.69, 9.17) is 34.6 Å². The number of carboxylic acids is 1. The molecular formula is C42H48KN5O10. The second kappa shape index (κ2) is 25.2. The monoisotopic (exact) mass is 821 g/mol. The predicted octanol–water partition coefficient (Wildman–Crippen LogP) is 1.54. The van der Waals surface area contributed by atoms with Crippen molar-refractivity contribution in [3.8, 4) is 0 Å². The summed E-state index contributed by atoms with van der Waals surface area (Å²) < 4.78 is 20.0. The van der Waals surface area contributed by atoms with Gasteiger partial charge >= 0.3 is 75.5 Å². The number of H-pyrrole nitrogens is 1. The predicted molar refractivity (Wildman–Crippen MR) is 210 cm³/mol. The number of aryl methyl sites for hydroxylation is 3. The number of rotatable bonds is 12. The summed E-state index contributed by atoms with van der Waals surface area (Å²) in [5, 5.41) is 22.0. The number of carbonyl (C=O) groups is 5. The van der Waals surface area contributed by atoms with E-state index >= 15 is 0 Å². The van der Waals surface area contributed by atoms with Gasteiger partial charge in [-0.05, 0) is 72.7 Å². The first-order chi connectivity index (χ1) is 27.2. The summed E-state index contributed by atoms with van der Waals surface area (Å²) in [5.74, 6) is -2.15. The molecule has 0 aliphatic carbocycles. The molecule has 15 nitrogen and oxygen atoms in total. The number of amides is 2. The van der Waals surface area contributed by atoms with Crippen molar-refractivity contribution < 1.29 is 99.4 Å². The van der Waals surface area contributed by atoms with Gasteiger partial charge in [0, 0.05) is 29.9 Å². The molecule has 1 aromatic heterocycles. The van der Waals surface area contributed by atoms with Gasteiger partial charge < -0.3 is 45.2 Å². The molecule has 4 aromatic carbocycles. The fourth-order valence-electron chi connectivity index (χ4n) is 5.57. The molecule has 0 bridgehead atoms. The number of nitrogens with zero attached hydrogens (tertiary/aromatic N) is 1. The van der Waals surface area contributed by atoms with Gasteiger partial charge in [0.2, 0.25) is 0 Å². The van der Waals surface area contributed by atoms with Gasteiger partial charge in [-0.25, -0.2) is 19.2 Å². The molecule has 0 spiro atoms. The minimum absolute atomic E-state index is 0. The van der Waals surface area contributed by atoms with Crippen molar-refractivity contribution in [2.24, 2.45) is 0 Å². The molecule has 1 heterocycles. The Morgan fingerprint density at radius 3 is 1.50 bits per heavy atom. The number of esters is 2. The van der Waals surface area contributed by atoms with Gasteiger partial charge in [-0.2, -0.15) is 5.10 Å². The molecule has 2 atom stereocenters. The molecule has 2 amide bonds. The van der Waals surface area contributed by atoms with Crippen LogP contribution in [0.4, 0.5) is 15.3 Å². The molecule has 5 N–H and O–H groups in total. The average molecular weight is 822 g/mol. The third kappa shape index (κ3) is 16.7. The quantitative estimate of drug-likeness (QED) is 0.0609. The summed E-state index contributed by atoms with van der Waals surface area (Å²) in [6, 6.07) is 24.6. The van der Waals surface area contributed by atoms with Crippen molar-refractivity contribution in [2.45, 2.75) is 65.8 Å². The number of ether oxygens (including phenoxy) is 4. The van der Waals surface area contributed by atoms with Crippen LogP contribution in [0.25, 0.3) is 10.9 Å². The molecule has 0 saturated heterocycles. The van der Waals surface area contributed by atoms with Gasteiger partial charge in [0.1, 0.15) is 25.3 Å². The molecule has 0 radical (unpaired) electrons. The largest absolute Gasteiger partial charge is 1.00 e. The number of hydrogen-bond acceptors (Lipinski definition) is 12. The van der Waals surface area contributed by atoms with E-state index in [1.807, 2.05) is 106 Å². The smallest absolute Gasteiger partial charge is 0.550 e. The van der Waals surface area contributed by atoms with Crippen molar-refractivity contribution >= 4 is 46.7 Å². The van der Waals surface area contributed by atoms with Crippen molar-refractivity contribution in [1.29, 1.82) is 0 Å². The van der Waals surface area contributed by atoms with E-state index in [1.165, 1.54) is 14.2 Å². The average Bonchev–Trinajstić information content (AvgIpc) is 3.67. The van der Waals surface area contributed by atoms with Gasteiger partial charge in [-0.3, -0.25) is 5.10 Å². The molecule has 0 saturated carbocycles. The molecular weight excluding hydrogens is 774 g/mol. The van der Waals surface area contributed by atoms with E-state index in [1.54, 1.807) is 6.20 Å². The number of anilines is 1. The number of aromatic nitrogens is 2. The van der Waals surface area contributed by atoms with Crippen LogP contribution in [0.1, 0.15) is 45.9 Å². The number of benzene rings is 4. The standard InChI is InChI=1S/C20H21N3O4.C20H24N2O4.C2H4O2.K/c1-13-8-15(9-16-11-21-23-18(13)16)10-17(19(24)26-2)22-20(25)27-12-14-6-4-3-5-7-14;1-13-9-16(10-14(2)18(13)21)11-17(19(23)25-3)22-20(24)26-12-15-7-5-4-6-8-15;1-2(3)4;/h3-9,11,17H,10,12H2,1-2H3,(H,21,23)(H,22,25);4-10,17H,11-12,21H2,1-3H3,(H,22,24);1H3,(H,3,4);/q;;;+1/p-1/t2*17-;;/m11../s1. The summed E-state index contributed by atoms with van der Waals surface area (Å²) in [6.45, 7) is 6.99. The minimum Gasteiger partial charge on any atom is -0.550 e. The fraction of sp³-hybridized carbons (Fsp3) is 0.286. The normalized spacial score (nSPS) is 11.1. The number of methoxy groups -OCH3 is 2. The van der Waals surface area contributed by atoms with Crippen LogP contribution in [0.3, 0.4) is 0 Å². The maximum absolute atomic E-state index is 12.1. The Kier molecular flexibility index (Phi) is 21.2. The number of alkyl carbamates (subject to hydrolysis) is 2. The summed E-state index contributed by atoms with van der Waals surface area (Å²) in [6.07, 6.45) is 0.952. The summed E-state index contributed by atoms with van der Waals surface area (Å²) in [4.78, 5) is 57.2. The maximum Gasteiger partial charge on any atom is 1.00 e. The van der Waals surface area contributed by atoms with Crippen LogP contribution >= 0.6 is 0 Å². The van der Waals surface area contributed by atoms with Crippen molar-refractivity contribution in [1.82, 2.24) is 20.8 Å². The Balaban J connectivity index is 0.000000361. The van der Waals surface area contributed by atoms with Gasteiger partial charge in [0.05, 0.1) is 25.9 Å². The van der Waals surface area contributed by atoms with Crippen LogP contribution in [0.15, 0.2) is 91.1 Å². The maximum atomic E-state index is 12.1. The van der Waals surface area contributed by atoms with Crippen LogP contribution in [0, 0.1) is 20.8 Å². The first-order valence-electron chi connectivity index (χ1n) is 17.8. The van der Waals surface area contributed by atoms with E-state index < -0.39 is 42.2 Å². The Hall–Kier alpha value is -5.26. The summed E-state index contributed by atoms with van der Waals surface area (Å²) >= 11 is 0. The third-order valence-electron chi connectivity index (χ3n) is 8.32. The van der Waals surface area contributed by atoms with Crippen LogP contribution < -0.4 is 72.9 Å². The minimum atomic E-state index is -1.08. The first-order valence-corrected chi connectivity index (χ1v) is 17.8. The molecule has 58 heavy (non-hydrogen) atoms. The van der Waals surface area contributed by atoms with Gasteiger partial charge in [0.25, 0.3) is 0 Å². The molecule has 0 aliphatic heterocycles. The number of carboxylic acid groups (broad SMARTS) is 1. The van der Waals surface area contributed by atoms with E-state index in [-0.39, 0.29) is 77.4 Å². The topological polar surface area (TPSA) is 224 Å². The van der Waals surface area contributed by atoms with Crippen LogP contribution in [0.5, 0.6) is 0 Å². The Bertz CT molecular complexity index is 2080. The summed E-state index contributed by atoms with van der Waals surface area (Å²) in [5.41, 5.74) is 14.0. The van der Waals surface area contributed by atoms with E-state index in [0.717, 1.165) is 62.5 Å². The van der Waals surface area contributed by atoms with E-state index in [9.17, 15) is 19.2 Å². The molecule has 0 aliphatic rings. The zero-order valence-corrected chi connectivity index (χ0v) is 36.9. The zero-order chi connectivity index (χ0) is 41.9. The number of hydrogen-bond donors (Lipinski definition) is 4. The van der Waals surface area contributed by atoms with Crippen LogP contribution in [0.2, 0.25) is 0 Å². The van der Waals surface area contributed by atoms with Crippen LogP contribution in [-0.2, 0) is 59.4 Å². The van der Waals surface area contributed by atoms with Gasteiger partial charge in [0.15, 0.2) is 0 Å². The molecule has 0 unspecified atom stereocenters. The number of carbonyl (C=O) groups excluding carboxylic acids is 5. The number of nitrogen functional groups attached to an aromatic ring is 1. The van der Waals surface area contributed by atoms with Crippen molar-refractivity contribution in [2.75, 3.05) is 20.0 Å². The number of aromatic amines is 1. The Morgan fingerprint density at radius 2 is 1.09 bits per heavy atom. The van der Waals surface area contributed by atoms with Crippen molar-refractivity contribution in [3.05, 3.63) is 130 Å². The molecule has 302 valence electrons. The van der Waals surface area contributed by atoms with Crippen LogP contribution in [-0.4, -0.2) is 66.6 Å². The van der Waals surface area contributed by atoms with Gasteiger partial charge in [-0.15, -0.1) is 0 Å². The number of aliphatic carboxylic acids is 1. The second-order valence-electron chi connectivity index (χ2n) is 12.9. The van der Waals surface area contributed by atoms with E-state index in [2.05, 4.69) is 20.8 Å². The van der Waals surface area contributed by atoms with Gasteiger partial charge in [-0.1, -0.05) is 78.9 Å². The molecule has 16 heteroatoms. The number of nitrogens with one attached hydrogen (secondary N) is 3. The van der Waals surface area contributed by atoms with E-state index in [0.29, 0.717) is 0 Å². The fourth-order valence-corrected chi connectivity index (χ4v) is 5.57. The Labute approximate surface area is 379 Å². The SMILES string of the molecule is CC(=O)[O-].COC(=O)[C@@H](Cc1cc(C)c(N)c(C)c1)NC(=O)OCc1ccccc1.COC(=O)[C@@H](Cc1cc(C)c2[nH]ncc2c1)NC(=O)OCc1ccccc1.[K+]. The third-order valence-corrected chi connectivity index (χ3v) is 8.32. The van der Waals surface area contributed by atoms with Crippen molar-refractivity contribution in [3.63, 3.8) is 0 Å². The molecule has 0 fully saturated rings. The molecule has 5 aromatic rings. The Morgan fingerprint density at radius 1 is 0.690 bits per heavy atom. The second-order valence-corrected chi connectivity index (χ2v) is 12.9. The number of nitrogens with two attached hydrogens (primary N) is 1. The summed E-state index contributed by atoms with van der Waals surface area (Å²) in [7, 11) is 2.57. The molecule has 5 rings (SSSR count). The number of fused-ring (bicyclic) bond motifs is 1. The zero-order valence-electron chi connectivity index (χ0n) is 33.8. The first kappa shape index (κ1) is 48.9.